The minimum absolute atomic E-state index is 0.778. The molecule has 0 saturated heterocycles. The van der Waals surface area contributed by atoms with Gasteiger partial charge in [0.2, 0.25) is 0 Å². The molecule has 0 unspecified atom stereocenters. The molecule has 1 rings (SSSR count). The van der Waals surface area contributed by atoms with Crippen LogP contribution in [0.4, 0.5) is 5.69 Å². The molecule has 0 fully saturated rings. The normalized spacial score (nSPS) is 8.58. The van der Waals surface area contributed by atoms with Crippen molar-refractivity contribution < 1.29 is 0 Å². The molecule has 0 spiro atoms. The molecule has 0 amide bonds. The van der Waals surface area contributed by atoms with Gasteiger partial charge in [-0.25, -0.2) is 0 Å². The minimum Gasteiger partial charge on any atom is -0.399 e. The number of anilines is 1. The topological polar surface area (TPSA) is 38.0 Å². The Labute approximate surface area is 79.6 Å². The fourth-order valence-corrected chi connectivity index (χ4v) is 0.834. The molecule has 1 aromatic rings. The van der Waals surface area contributed by atoms with E-state index in [1.165, 1.54) is 5.56 Å². The first-order valence-electron chi connectivity index (χ1n) is 3.78. The van der Waals surface area contributed by atoms with Gasteiger partial charge in [-0.2, -0.15) is 12.6 Å². The van der Waals surface area contributed by atoms with Gasteiger partial charge in [-0.15, -0.1) is 0 Å². The van der Waals surface area contributed by atoms with Gasteiger partial charge in [-0.3, -0.25) is 0 Å². The van der Waals surface area contributed by atoms with Crippen LogP contribution in [0.3, 0.4) is 0 Å². The summed E-state index contributed by atoms with van der Waals surface area (Å²) < 4.78 is 0. The predicted octanol–water partition coefficient (Wildman–Crippen LogP) is 1.53. The van der Waals surface area contributed by atoms with E-state index >= 15 is 0 Å². The Hall–Kier alpha value is -0.670. The lowest BCUT2D eigenvalue weighted by molar-refractivity contribution is 1.02. The third-order valence-electron chi connectivity index (χ3n) is 1.16. The van der Waals surface area contributed by atoms with Crippen LogP contribution in [0.25, 0.3) is 0 Å². The molecule has 68 valence electrons. The second-order valence-corrected chi connectivity index (χ2v) is 2.72. The second-order valence-electron chi connectivity index (χ2n) is 2.40. The van der Waals surface area contributed by atoms with E-state index in [1.54, 1.807) is 0 Å². The van der Waals surface area contributed by atoms with Crippen LogP contribution in [0.5, 0.6) is 0 Å². The van der Waals surface area contributed by atoms with Crippen molar-refractivity contribution in [1.82, 2.24) is 5.32 Å². The first-order valence-corrected chi connectivity index (χ1v) is 4.41. The van der Waals surface area contributed by atoms with Gasteiger partial charge >= 0.3 is 0 Å². The average Bonchev–Trinajstić information content (AvgIpc) is 2.07. The first-order chi connectivity index (χ1) is 5.74. The number of nitrogens with one attached hydrogen (secondary N) is 1. The summed E-state index contributed by atoms with van der Waals surface area (Å²) in [6.07, 6.45) is 0. The van der Waals surface area contributed by atoms with E-state index in [4.69, 9.17) is 5.73 Å². The number of hydrogen-bond acceptors (Lipinski definition) is 3. The van der Waals surface area contributed by atoms with Gasteiger partial charge in [0, 0.05) is 11.4 Å². The SMILES string of the molecule is CNC.Nc1ccc(CS)cc1. The Morgan fingerprint density at radius 1 is 1.25 bits per heavy atom. The largest absolute Gasteiger partial charge is 0.399 e. The zero-order chi connectivity index (χ0) is 9.40. The van der Waals surface area contributed by atoms with Crippen molar-refractivity contribution in [2.45, 2.75) is 5.75 Å². The highest BCUT2D eigenvalue weighted by Crippen LogP contribution is 2.06. The van der Waals surface area contributed by atoms with E-state index < -0.39 is 0 Å². The molecule has 1 aromatic carbocycles. The molecule has 0 aliphatic heterocycles. The summed E-state index contributed by atoms with van der Waals surface area (Å²) in [5.41, 5.74) is 7.46. The minimum atomic E-state index is 0.778. The van der Waals surface area contributed by atoms with Crippen LogP contribution >= 0.6 is 12.6 Å². The number of nitrogens with two attached hydrogens (primary N) is 1. The molecule has 0 saturated carbocycles. The number of rotatable bonds is 1. The molecule has 0 atom stereocenters. The maximum atomic E-state index is 5.46. The maximum absolute atomic E-state index is 5.46. The van der Waals surface area contributed by atoms with E-state index in [0.717, 1.165) is 11.4 Å². The zero-order valence-corrected chi connectivity index (χ0v) is 8.44. The van der Waals surface area contributed by atoms with Crippen molar-refractivity contribution >= 4 is 18.3 Å². The van der Waals surface area contributed by atoms with E-state index in [2.05, 4.69) is 17.9 Å². The van der Waals surface area contributed by atoms with E-state index in [0.29, 0.717) is 0 Å². The Bertz CT molecular complexity index is 196. The summed E-state index contributed by atoms with van der Waals surface area (Å²) in [5, 5.41) is 2.75. The Morgan fingerprint density at radius 3 is 2.00 bits per heavy atom. The molecular weight excluding hydrogens is 168 g/mol. The molecule has 0 aliphatic rings. The van der Waals surface area contributed by atoms with Crippen molar-refractivity contribution in [3.8, 4) is 0 Å². The lowest BCUT2D eigenvalue weighted by atomic mass is 10.2. The quantitative estimate of drug-likeness (QED) is 0.457. The zero-order valence-electron chi connectivity index (χ0n) is 7.54. The summed E-state index contributed by atoms with van der Waals surface area (Å²) in [6, 6.07) is 7.71. The standard InChI is InChI=1S/C7H9NS.C2H7N/c8-7-3-1-6(5-9)2-4-7;1-3-2/h1-4,9H,5,8H2;3H,1-2H3. The van der Waals surface area contributed by atoms with E-state index in [9.17, 15) is 0 Å². The molecular formula is C9H16N2S. The van der Waals surface area contributed by atoms with Crippen molar-refractivity contribution in [3.63, 3.8) is 0 Å². The van der Waals surface area contributed by atoms with Crippen LogP contribution < -0.4 is 11.1 Å². The fraction of sp³-hybridized carbons (Fsp3) is 0.333. The van der Waals surface area contributed by atoms with Crippen LogP contribution in [0, 0.1) is 0 Å². The van der Waals surface area contributed by atoms with Gasteiger partial charge < -0.3 is 11.1 Å². The van der Waals surface area contributed by atoms with Crippen LogP contribution in [0.15, 0.2) is 24.3 Å². The number of thiol groups is 1. The maximum Gasteiger partial charge on any atom is 0.0314 e. The smallest absolute Gasteiger partial charge is 0.0314 e. The Balaban J connectivity index is 0.000000354. The molecule has 0 bridgehead atoms. The number of benzene rings is 1. The van der Waals surface area contributed by atoms with Gasteiger partial charge in [0.15, 0.2) is 0 Å². The van der Waals surface area contributed by atoms with Gasteiger partial charge in [-0.05, 0) is 31.8 Å². The van der Waals surface area contributed by atoms with Crippen LogP contribution in [-0.4, -0.2) is 14.1 Å². The number of hydrogen-bond donors (Lipinski definition) is 3. The second kappa shape index (κ2) is 7.00. The van der Waals surface area contributed by atoms with Gasteiger partial charge in [0.25, 0.3) is 0 Å². The fourth-order valence-electron chi connectivity index (χ4n) is 0.623. The summed E-state index contributed by atoms with van der Waals surface area (Å²) in [7, 11) is 3.75. The van der Waals surface area contributed by atoms with Gasteiger partial charge in [0.1, 0.15) is 0 Å². The van der Waals surface area contributed by atoms with Crippen molar-refractivity contribution in [2.24, 2.45) is 0 Å². The van der Waals surface area contributed by atoms with Gasteiger partial charge in [0.05, 0.1) is 0 Å². The highest BCUT2D eigenvalue weighted by Gasteiger charge is 1.85. The highest BCUT2D eigenvalue weighted by atomic mass is 32.1. The Morgan fingerprint density at radius 2 is 1.67 bits per heavy atom. The van der Waals surface area contributed by atoms with Crippen LogP contribution in [0.2, 0.25) is 0 Å². The predicted molar refractivity (Wildman–Crippen MR) is 58.5 cm³/mol. The van der Waals surface area contributed by atoms with E-state index in [1.807, 2.05) is 38.4 Å². The molecule has 3 heteroatoms. The third kappa shape index (κ3) is 5.04. The van der Waals surface area contributed by atoms with Crippen molar-refractivity contribution in [3.05, 3.63) is 29.8 Å². The third-order valence-corrected chi connectivity index (χ3v) is 1.53. The molecule has 0 heterocycles. The van der Waals surface area contributed by atoms with Crippen molar-refractivity contribution in [1.29, 1.82) is 0 Å². The van der Waals surface area contributed by atoms with Crippen LogP contribution in [0.1, 0.15) is 5.56 Å². The van der Waals surface area contributed by atoms with Crippen molar-refractivity contribution in [2.75, 3.05) is 19.8 Å². The number of nitrogen functional groups attached to an aromatic ring is 1. The van der Waals surface area contributed by atoms with E-state index in [-0.39, 0.29) is 0 Å². The molecule has 0 aromatic heterocycles. The molecule has 12 heavy (non-hydrogen) atoms. The first kappa shape index (κ1) is 11.3. The summed E-state index contributed by atoms with van der Waals surface area (Å²) in [6.45, 7) is 0. The lowest BCUT2D eigenvalue weighted by Gasteiger charge is -1.94. The molecule has 0 radical (unpaired) electrons. The lowest BCUT2D eigenvalue weighted by Crippen LogP contribution is -1.89. The van der Waals surface area contributed by atoms with Gasteiger partial charge in [-0.1, -0.05) is 12.1 Å². The monoisotopic (exact) mass is 184 g/mol. The summed E-state index contributed by atoms with van der Waals surface area (Å²) in [4.78, 5) is 0. The molecule has 3 N–H and O–H groups in total. The molecule has 0 aliphatic carbocycles. The highest BCUT2D eigenvalue weighted by molar-refractivity contribution is 7.79. The molecule has 2 nitrogen and oxygen atoms in total. The summed E-state index contributed by atoms with van der Waals surface area (Å²) >= 11 is 4.10. The summed E-state index contributed by atoms with van der Waals surface area (Å²) in [5.74, 6) is 0.778. The van der Waals surface area contributed by atoms with Crippen LogP contribution in [-0.2, 0) is 5.75 Å². The average molecular weight is 184 g/mol. The Kier molecular flexibility index (Phi) is 6.61.